The number of nitrogens with zero attached hydrogens (tertiary/aromatic N) is 3. The molecule has 4 aromatic rings. The number of aromatic nitrogens is 2. The number of anilines is 3. The number of ether oxygens (including phenoxy) is 1. The summed E-state index contributed by atoms with van der Waals surface area (Å²) >= 11 is 0. The van der Waals surface area contributed by atoms with Crippen molar-refractivity contribution in [2.24, 2.45) is 0 Å². The number of aryl methyl sites for hydroxylation is 1. The minimum absolute atomic E-state index is 0.0819. The highest BCUT2D eigenvalue weighted by molar-refractivity contribution is 6.09. The molecule has 11 nitrogen and oxygen atoms in total. The SMILES string of the molecule is COc1ccc(NC(=O)C2=C(C)Nc3c(C(=O)Nc4cccc(C)c4)cnn3[C@@H]2c2ccc([N+](=O)[O-])cc2)cc1. The van der Waals surface area contributed by atoms with Gasteiger partial charge in [0.1, 0.15) is 23.2 Å². The van der Waals surface area contributed by atoms with Gasteiger partial charge < -0.3 is 20.7 Å². The van der Waals surface area contributed by atoms with Crippen molar-refractivity contribution in [3.8, 4) is 5.75 Å². The van der Waals surface area contributed by atoms with Gasteiger partial charge in [0.2, 0.25) is 0 Å². The van der Waals surface area contributed by atoms with Crippen LogP contribution in [0.2, 0.25) is 0 Å². The van der Waals surface area contributed by atoms with Crippen LogP contribution in [0.4, 0.5) is 22.9 Å². The largest absolute Gasteiger partial charge is 0.497 e. The number of carbonyl (C=O) groups excluding carboxylic acids is 2. The van der Waals surface area contributed by atoms with E-state index in [1.165, 1.54) is 18.3 Å². The van der Waals surface area contributed by atoms with Crippen molar-refractivity contribution in [1.29, 1.82) is 0 Å². The quantitative estimate of drug-likeness (QED) is 0.215. The topological polar surface area (TPSA) is 140 Å². The smallest absolute Gasteiger partial charge is 0.269 e. The van der Waals surface area contributed by atoms with E-state index in [0.717, 1.165) is 5.56 Å². The van der Waals surface area contributed by atoms with Crippen LogP contribution < -0.4 is 20.7 Å². The highest BCUT2D eigenvalue weighted by Crippen LogP contribution is 2.38. The second kappa shape index (κ2) is 10.7. The van der Waals surface area contributed by atoms with Crippen LogP contribution in [0.15, 0.2) is 90.3 Å². The highest BCUT2D eigenvalue weighted by Gasteiger charge is 2.35. The molecule has 1 aromatic heterocycles. The minimum Gasteiger partial charge on any atom is -0.497 e. The Hall–Kier alpha value is -5.45. The van der Waals surface area contributed by atoms with E-state index in [9.17, 15) is 19.7 Å². The molecule has 0 unspecified atom stereocenters. The van der Waals surface area contributed by atoms with Crippen LogP contribution in [-0.4, -0.2) is 33.6 Å². The Balaban J connectivity index is 1.53. The van der Waals surface area contributed by atoms with Crippen LogP contribution in [0.5, 0.6) is 5.75 Å². The summed E-state index contributed by atoms with van der Waals surface area (Å²) in [5.74, 6) is 0.271. The lowest BCUT2D eigenvalue weighted by atomic mass is 9.94. The van der Waals surface area contributed by atoms with E-state index < -0.39 is 16.9 Å². The van der Waals surface area contributed by atoms with E-state index in [4.69, 9.17) is 4.74 Å². The standard InChI is InChI=1S/C29H26N6O5/c1-17-5-4-6-21(15-17)33-28(36)24-16-30-34-26(19-7-11-22(12-8-19)35(38)39)25(18(2)31-27(24)34)29(37)32-20-9-13-23(40-3)14-10-20/h4-16,26,31H,1-3H3,(H,32,37)(H,33,36)/t26-/m1/s1. The van der Waals surface area contributed by atoms with Gasteiger partial charge in [-0.25, -0.2) is 4.68 Å². The maximum Gasteiger partial charge on any atom is 0.269 e. The molecular weight excluding hydrogens is 512 g/mol. The Morgan fingerprint density at radius 2 is 1.68 bits per heavy atom. The van der Waals surface area contributed by atoms with Crippen molar-refractivity contribution in [1.82, 2.24) is 9.78 Å². The van der Waals surface area contributed by atoms with Crippen LogP contribution in [0.1, 0.15) is 34.5 Å². The van der Waals surface area contributed by atoms with Crippen LogP contribution in [0, 0.1) is 17.0 Å². The van der Waals surface area contributed by atoms with Gasteiger partial charge in [0.25, 0.3) is 17.5 Å². The van der Waals surface area contributed by atoms with E-state index in [0.29, 0.717) is 39.8 Å². The third kappa shape index (κ3) is 5.12. The summed E-state index contributed by atoms with van der Waals surface area (Å²) in [7, 11) is 1.56. The summed E-state index contributed by atoms with van der Waals surface area (Å²) in [6.07, 6.45) is 1.43. The number of methoxy groups -OCH3 is 1. The molecule has 11 heteroatoms. The predicted molar refractivity (Wildman–Crippen MR) is 151 cm³/mol. The highest BCUT2D eigenvalue weighted by atomic mass is 16.6. The normalized spacial score (nSPS) is 14.1. The van der Waals surface area contributed by atoms with Gasteiger partial charge in [-0.2, -0.15) is 5.10 Å². The second-order valence-corrected chi connectivity index (χ2v) is 9.27. The molecule has 3 aromatic carbocycles. The van der Waals surface area contributed by atoms with E-state index in [1.54, 1.807) is 61.2 Å². The zero-order valence-electron chi connectivity index (χ0n) is 22.0. The number of amides is 2. The average molecular weight is 539 g/mol. The van der Waals surface area contributed by atoms with Crippen molar-refractivity contribution in [2.75, 3.05) is 23.1 Å². The molecule has 0 bridgehead atoms. The van der Waals surface area contributed by atoms with E-state index in [2.05, 4.69) is 21.0 Å². The van der Waals surface area contributed by atoms with Gasteiger partial charge in [-0.15, -0.1) is 0 Å². The summed E-state index contributed by atoms with van der Waals surface area (Å²) in [4.78, 5) is 37.7. The van der Waals surface area contributed by atoms with Crippen LogP contribution in [0.25, 0.3) is 0 Å². The van der Waals surface area contributed by atoms with Gasteiger partial charge in [0.15, 0.2) is 0 Å². The first-order valence-corrected chi connectivity index (χ1v) is 12.4. The lowest BCUT2D eigenvalue weighted by molar-refractivity contribution is -0.384. The molecule has 1 aliphatic rings. The molecule has 2 heterocycles. The Kier molecular flexibility index (Phi) is 7.02. The fourth-order valence-electron chi connectivity index (χ4n) is 4.60. The average Bonchev–Trinajstić information content (AvgIpc) is 3.36. The molecule has 0 saturated carbocycles. The molecule has 0 radical (unpaired) electrons. The van der Waals surface area contributed by atoms with E-state index >= 15 is 0 Å². The first-order chi connectivity index (χ1) is 19.2. The lowest BCUT2D eigenvalue weighted by Gasteiger charge is -2.30. The molecule has 1 atom stereocenters. The van der Waals surface area contributed by atoms with Crippen molar-refractivity contribution in [3.63, 3.8) is 0 Å². The molecule has 1 aliphatic heterocycles. The fourth-order valence-corrected chi connectivity index (χ4v) is 4.60. The number of rotatable bonds is 7. The summed E-state index contributed by atoms with van der Waals surface area (Å²) in [5, 5.41) is 24.7. The summed E-state index contributed by atoms with van der Waals surface area (Å²) < 4.78 is 6.73. The van der Waals surface area contributed by atoms with Gasteiger partial charge in [-0.1, -0.05) is 12.1 Å². The molecule has 0 spiro atoms. The Morgan fingerprint density at radius 3 is 2.33 bits per heavy atom. The number of non-ortho nitro benzene ring substituents is 1. The number of fused-ring (bicyclic) bond motifs is 1. The van der Waals surface area contributed by atoms with Crippen LogP contribution >= 0.6 is 0 Å². The first kappa shape index (κ1) is 26.2. The number of nitrogens with one attached hydrogen (secondary N) is 3. The maximum absolute atomic E-state index is 13.6. The van der Waals surface area contributed by atoms with Gasteiger partial charge >= 0.3 is 0 Å². The van der Waals surface area contributed by atoms with Gasteiger partial charge in [-0.05, 0) is 73.5 Å². The van der Waals surface area contributed by atoms with Crippen molar-refractivity contribution < 1.29 is 19.2 Å². The number of nitro groups is 1. The summed E-state index contributed by atoms with van der Waals surface area (Å²) in [6.45, 7) is 3.67. The number of hydrogen-bond acceptors (Lipinski definition) is 7. The summed E-state index contributed by atoms with van der Waals surface area (Å²) in [6, 6.07) is 19.5. The molecule has 0 fully saturated rings. The maximum atomic E-state index is 13.6. The molecule has 2 amide bonds. The first-order valence-electron chi connectivity index (χ1n) is 12.4. The predicted octanol–water partition coefficient (Wildman–Crippen LogP) is 5.29. The second-order valence-electron chi connectivity index (χ2n) is 9.27. The van der Waals surface area contributed by atoms with Crippen molar-refractivity contribution in [2.45, 2.75) is 19.9 Å². The molecule has 3 N–H and O–H groups in total. The van der Waals surface area contributed by atoms with Gasteiger partial charge in [0.05, 0.1) is 23.8 Å². The Morgan fingerprint density at radius 1 is 0.975 bits per heavy atom. The molecular formula is C29H26N6O5. The van der Waals surface area contributed by atoms with E-state index in [-0.39, 0.29) is 17.2 Å². The number of nitro benzene ring substituents is 1. The molecule has 202 valence electrons. The molecule has 0 saturated heterocycles. The van der Waals surface area contributed by atoms with Crippen LogP contribution in [0.3, 0.4) is 0 Å². The monoisotopic (exact) mass is 538 g/mol. The van der Waals surface area contributed by atoms with Crippen LogP contribution in [-0.2, 0) is 4.79 Å². The zero-order chi connectivity index (χ0) is 28.4. The zero-order valence-corrected chi connectivity index (χ0v) is 22.0. The molecule has 5 rings (SSSR count). The fraction of sp³-hybridized carbons (Fsp3) is 0.138. The number of hydrogen-bond donors (Lipinski definition) is 3. The minimum atomic E-state index is -0.768. The van der Waals surface area contributed by atoms with Crippen molar-refractivity contribution >= 4 is 34.7 Å². The van der Waals surface area contributed by atoms with Gasteiger partial charge in [0, 0.05) is 29.2 Å². The number of carbonyl (C=O) groups is 2. The van der Waals surface area contributed by atoms with E-state index in [1.807, 2.05) is 25.1 Å². The Labute approximate surface area is 229 Å². The van der Waals surface area contributed by atoms with Crippen molar-refractivity contribution in [3.05, 3.63) is 117 Å². The Bertz CT molecular complexity index is 1640. The number of allylic oxidation sites excluding steroid dienone is 1. The number of benzene rings is 3. The molecule has 40 heavy (non-hydrogen) atoms. The summed E-state index contributed by atoms with van der Waals surface area (Å²) in [5.41, 5.74) is 3.82. The third-order valence-electron chi connectivity index (χ3n) is 6.56. The third-order valence-corrected chi connectivity index (χ3v) is 6.56. The lowest BCUT2D eigenvalue weighted by Crippen LogP contribution is -2.32. The molecule has 0 aliphatic carbocycles. The van der Waals surface area contributed by atoms with Gasteiger partial charge in [-0.3, -0.25) is 19.7 Å².